The van der Waals surface area contributed by atoms with Crippen LogP contribution in [0, 0.1) is 0 Å². The van der Waals surface area contributed by atoms with Gasteiger partial charge in [-0.2, -0.15) is 0 Å². The van der Waals surface area contributed by atoms with Gasteiger partial charge in [0, 0.05) is 5.56 Å². The number of thioether (sulfide) groups is 1. The summed E-state index contributed by atoms with van der Waals surface area (Å²) in [5.74, 6) is 3.16. The van der Waals surface area contributed by atoms with Crippen molar-refractivity contribution >= 4 is 22.8 Å². The maximum Gasteiger partial charge on any atom is 0.277 e. The van der Waals surface area contributed by atoms with E-state index >= 15 is 0 Å². The summed E-state index contributed by atoms with van der Waals surface area (Å²) in [4.78, 5) is 7.82. The number of benzene rings is 2. The number of fused-ring (bicyclic) bond motifs is 1. The van der Waals surface area contributed by atoms with E-state index in [1.54, 1.807) is 26.4 Å². The number of imidazole rings is 1. The fourth-order valence-corrected chi connectivity index (χ4v) is 3.19. The van der Waals surface area contributed by atoms with E-state index in [-0.39, 0.29) is 0 Å². The van der Waals surface area contributed by atoms with Gasteiger partial charge in [0.15, 0.2) is 11.5 Å². The first-order chi connectivity index (χ1) is 12.8. The average molecular weight is 368 g/mol. The largest absolute Gasteiger partial charge is 0.493 e. The van der Waals surface area contributed by atoms with E-state index in [1.165, 1.54) is 11.8 Å². The molecule has 0 amide bonds. The van der Waals surface area contributed by atoms with Gasteiger partial charge in [-0.25, -0.2) is 4.98 Å². The third kappa shape index (κ3) is 3.23. The van der Waals surface area contributed by atoms with E-state index in [4.69, 9.17) is 13.9 Å². The number of nitrogens with one attached hydrogen (secondary N) is 1. The summed E-state index contributed by atoms with van der Waals surface area (Å²) in [6, 6.07) is 13.4. The van der Waals surface area contributed by atoms with E-state index in [2.05, 4.69) is 20.2 Å². The minimum atomic E-state index is 0.429. The zero-order valence-corrected chi connectivity index (χ0v) is 15.0. The summed E-state index contributed by atoms with van der Waals surface area (Å²) in [7, 11) is 3.18. The lowest BCUT2D eigenvalue weighted by Gasteiger charge is -2.07. The fourth-order valence-electron chi connectivity index (χ4n) is 2.56. The van der Waals surface area contributed by atoms with Crippen LogP contribution in [0.3, 0.4) is 0 Å². The number of hydrogen-bond donors (Lipinski definition) is 1. The van der Waals surface area contributed by atoms with Crippen LogP contribution in [-0.4, -0.2) is 34.4 Å². The van der Waals surface area contributed by atoms with E-state index in [0.717, 1.165) is 22.4 Å². The first kappa shape index (κ1) is 16.5. The Labute approximate surface area is 153 Å². The van der Waals surface area contributed by atoms with Crippen LogP contribution in [0.1, 0.15) is 5.82 Å². The topological polar surface area (TPSA) is 86.1 Å². The predicted molar refractivity (Wildman–Crippen MR) is 98.5 cm³/mol. The molecule has 0 saturated heterocycles. The van der Waals surface area contributed by atoms with Crippen molar-refractivity contribution in [2.45, 2.75) is 11.0 Å². The van der Waals surface area contributed by atoms with Crippen LogP contribution in [0.4, 0.5) is 0 Å². The monoisotopic (exact) mass is 368 g/mol. The van der Waals surface area contributed by atoms with Gasteiger partial charge in [-0.3, -0.25) is 0 Å². The molecule has 0 atom stereocenters. The molecule has 2 aromatic heterocycles. The van der Waals surface area contributed by atoms with E-state index in [1.807, 2.05) is 30.3 Å². The molecule has 0 aliphatic carbocycles. The van der Waals surface area contributed by atoms with Crippen molar-refractivity contribution in [2.24, 2.45) is 0 Å². The first-order valence-corrected chi connectivity index (χ1v) is 8.87. The summed E-state index contributed by atoms with van der Waals surface area (Å²) >= 11 is 1.43. The Balaban J connectivity index is 1.49. The molecule has 0 saturated carbocycles. The molecular formula is C18H16N4O3S. The standard InChI is InChI=1S/C18H16N4O3S/c1-23-14-8-7-11(9-15(14)24-2)17-21-22-18(25-17)26-10-16-19-12-5-3-4-6-13(12)20-16/h3-9H,10H2,1-2H3,(H,19,20). The molecule has 7 nitrogen and oxygen atoms in total. The number of rotatable bonds is 6. The van der Waals surface area contributed by atoms with E-state index in [0.29, 0.717) is 28.4 Å². The summed E-state index contributed by atoms with van der Waals surface area (Å²) in [5.41, 5.74) is 2.73. The second-order valence-corrected chi connectivity index (χ2v) is 6.36. The van der Waals surface area contributed by atoms with Crippen molar-refractivity contribution in [2.75, 3.05) is 14.2 Å². The van der Waals surface area contributed by atoms with Crippen molar-refractivity contribution < 1.29 is 13.9 Å². The Bertz CT molecular complexity index is 1010. The number of H-pyrrole nitrogens is 1. The smallest absolute Gasteiger partial charge is 0.277 e. The van der Waals surface area contributed by atoms with Crippen LogP contribution in [0.5, 0.6) is 11.5 Å². The van der Waals surface area contributed by atoms with Crippen molar-refractivity contribution in [3.63, 3.8) is 0 Å². The van der Waals surface area contributed by atoms with Crippen LogP contribution in [0.15, 0.2) is 52.1 Å². The Hall–Kier alpha value is -3.00. The van der Waals surface area contributed by atoms with Crippen LogP contribution < -0.4 is 9.47 Å². The van der Waals surface area contributed by atoms with Gasteiger partial charge in [0.2, 0.25) is 5.89 Å². The van der Waals surface area contributed by atoms with Gasteiger partial charge < -0.3 is 18.9 Å². The second kappa shape index (κ2) is 7.09. The molecule has 0 bridgehead atoms. The number of aromatic nitrogens is 4. The Morgan fingerprint density at radius 2 is 1.88 bits per heavy atom. The molecule has 2 heterocycles. The predicted octanol–water partition coefficient (Wildman–Crippen LogP) is 3.92. The SMILES string of the molecule is COc1ccc(-c2nnc(SCc3nc4ccccc4[nH]3)o2)cc1OC. The highest BCUT2D eigenvalue weighted by molar-refractivity contribution is 7.98. The molecule has 0 aliphatic rings. The summed E-state index contributed by atoms with van der Waals surface area (Å²) < 4.78 is 16.3. The highest BCUT2D eigenvalue weighted by atomic mass is 32.2. The van der Waals surface area contributed by atoms with Gasteiger partial charge in [-0.05, 0) is 30.3 Å². The van der Waals surface area contributed by atoms with Gasteiger partial charge in [0.1, 0.15) is 5.82 Å². The molecule has 0 unspecified atom stereocenters. The minimum absolute atomic E-state index is 0.429. The van der Waals surface area contributed by atoms with Crippen molar-refractivity contribution in [3.8, 4) is 23.0 Å². The van der Waals surface area contributed by atoms with Crippen molar-refractivity contribution in [1.29, 1.82) is 0 Å². The lowest BCUT2D eigenvalue weighted by Crippen LogP contribution is -1.90. The molecule has 1 N–H and O–H groups in total. The third-order valence-electron chi connectivity index (χ3n) is 3.81. The molecule has 4 rings (SSSR count). The van der Waals surface area contributed by atoms with Gasteiger partial charge in [0.25, 0.3) is 5.22 Å². The highest BCUT2D eigenvalue weighted by Crippen LogP contribution is 2.33. The molecule has 2 aromatic carbocycles. The number of ether oxygens (including phenoxy) is 2. The molecule has 26 heavy (non-hydrogen) atoms. The van der Waals surface area contributed by atoms with Gasteiger partial charge >= 0.3 is 0 Å². The molecule has 0 fully saturated rings. The fraction of sp³-hybridized carbons (Fsp3) is 0.167. The van der Waals surface area contributed by atoms with Crippen LogP contribution in [0.25, 0.3) is 22.5 Å². The van der Waals surface area contributed by atoms with Crippen molar-refractivity contribution in [3.05, 3.63) is 48.3 Å². The minimum Gasteiger partial charge on any atom is -0.493 e. The second-order valence-electron chi connectivity index (χ2n) is 5.43. The van der Waals surface area contributed by atoms with E-state index in [9.17, 15) is 0 Å². The molecule has 8 heteroatoms. The maximum atomic E-state index is 5.74. The number of methoxy groups -OCH3 is 2. The molecular weight excluding hydrogens is 352 g/mol. The number of hydrogen-bond acceptors (Lipinski definition) is 7. The number of para-hydroxylation sites is 2. The van der Waals surface area contributed by atoms with Crippen LogP contribution in [0.2, 0.25) is 0 Å². The lowest BCUT2D eigenvalue weighted by atomic mass is 10.2. The molecule has 0 spiro atoms. The normalized spacial score (nSPS) is 11.0. The van der Waals surface area contributed by atoms with Gasteiger partial charge in [0.05, 0.1) is 31.0 Å². The zero-order valence-electron chi connectivity index (χ0n) is 14.2. The summed E-state index contributed by atoms with van der Waals surface area (Å²) in [5, 5.41) is 8.68. The third-order valence-corrected chi connectivity index (χ3v) is 4.64. The lowest BCUT2D eigenvalue weighted by molar-refractivity contribution is 0.355. The Morgan fingerprint density at radius 3 is 2.69 bits per heavy atom. The van der Waals surface area contributed by atoms with E-state index < -0.39 is 0 Å². The zero-order chi connectivity index (χ0) is 17.9. The first-order valence-electron chi connectivity index (χ1n) is 7.89. The van der Waals surface area contributed by atoms with Crippen LogP contribution in [-0.2, 0) is 5.75 Å². The van der Waals surface area contributed by atoms with Crippen LogP contribution >= 0.6 is 11.8 Å². The highest BCUT2D eigenvalue weighted by Gasteiger charge is 2.13. The van der Waals surface area contributed by atoms with Gasteiger partial charge in [-0.1, -0.05) is 23.9 Å². The average Bonchev–Trinajstić information content (AvgIpc) is 3.32. The summed E-state index contributed by atoms with van der Waals surface area (Å²) in [6.07, 6.45) is 0. The number of aromatic amines is 1. The summed E-state index contributed by atoms with van der Waals surface area (Å²) in [6.45, 7) is 0. The maximum absolute atomic E-state index is 5.74. The molecule has 0 aliphatic heterocycles. The molecule has 0 radical (unpaired) electrons. The Morgan fingerprint density at radius 1 is 1.04 bits per heavy atom. The Kier molecular flexibility index (Phi) is 4.49. The molecule has 4 aromatic rings. The number of nitrogens with zero attached hydrogens (tertiary/aromatic N) is 3. The van der Waals surface area contributed by atoms with Crippen molar-refractivity contribution in [1.82, 2.24) is 20.2 Å². The van der Waals surface area contributed by atoms with Gasteiger partial charge in [-0.15, -0.1) is 10.2 Å². The molecule has 132 valence electrons. The quantitative estimate of drug-likeness (QED) is 0.516.